The third-order valence-corrected chi connectivity index (χ3v) is 4.01. The molecule has 0 saturated heterocycles. The van der Waals surface area contributed by atoms with Crippen LogP contribution in [0.2, 0.25) is 0 Å². The van der Waals surface area contributed by atoms with Gasteiger partial charge in [-0.25, -0.2) is 4.98 Å². The first-order valence-electron chi connectivity index (χ1n) is 5.57. The molecule has 0 saturated carbocycles. The van der Waals surface area contributed by atoms with E-state index in [-0.39, 0.29) is 0 Å². The van der Waals surface area contributed by atoms with Crippen LogP contribution in [0.3, 0.4) is 0 Å². The third kappa shape index (κ3) is 1.65. The smallest absolute Gasteiger partial charge is 0.214 e. The fourth-order valence-corrected chi connectivity index (χ4v) is 3.16. The van der Waals surface area contributed by atoms with Gasteiger partial charge in [-0.2, -0.15) is 0 Å². The maximum absolute atomic E-state index is 11.1. The predicted molar refractivity (Wildman–Crippen MR) is 69.4 cm³/mol. The predicted octanol–water partition coefficient (Wildman–Crippen LogP) is 2.64. The van der Waals surface area contributed by atoms with Gasteiger partial charge in [0.05, 0.1) is 16.4 Å². The number of fused-ring (bicyclic) bond motifs is 3. The zero-order chi connectivity index (χ0) is 11.8. The van der Waals surface area contributed by atoms with Crippen LogP contribution in [0, 0.1) is 6.92 Å². The van der Waals surface area contributed by atoms with E-state index in [1.165, 1.54) is 4.88 Å². The molecule has 0 unspecified atom stereocenters. The van der Waals surface area contributed by atoms with Crippen molar-refractivity contribution in [3.8, 4) is 11.3 Å². The Balaban J connectivity index is 2.25. The van der Waals surface area contributed by atoms with Gasteiger partial charge in [-0.3, -0.25) is 4.79 Å². The van der Waals surface area contributed by atoms with E-state index < -0.39 is 0 Å². The summed E-state index contributed by atoms with van der Waals surface area (Å²) in [5.41, 5.74) is 3.08. The highest BCUT2D eigenvalue weighted by atomic mass is 32.1. The highest BCUT2D eigenvalue weighted by molar-refractivity contribution is 7.12. The molecule has 3 rings (SSSR count). The lowest BCUT2D eigenvalue weighted by Crippen LogP contribution is -2.22. The normalized spacial score (nSPS) is 13.8. The Labute approximate surface area is 104 Å². The number of hydrogen-bond acceptors (Lipinski definition) is 3. The summed E-state index contributed by atoms with van der Waals surface area (Å²) in [7, 11) is 0. The van der Waals surface area contributed by atoms with E-state index in [2.05, 4.69) is 4.98 Å². The molecule has 1 aliphatic heterocycles. The molecule has 0 aliphatic carbocycles. The Bertz CT molecular complexity index is 577. The van der Waals surface area contributed by atoms with Crippen molar-refractivity contribution in [1.29, 1.82) is 0 Å². The van der Waals surface area contributed by atoms with Gasteiger partial charge in [0.1, 0.15) is 0 Å². The third-order valence-electron chi connectivity index (χ3n) is 2.98. The molecule has 0 N–H and O–H groups in total. The van der Waals surface area contributed by atoms with Crippen LogP contribution < -0.4 is 4.90 Å². The first kappa shape index (κ1) is 10.5. The van der Waals surface area contributed by atoms with Crippen LogP contribution in [0.5, 0.6) is 0 Å². The Morgan fingerprint density at radius 1 is 1.41 bits per heavy atom. The van der Waals surface area contributed by atoms with Crippen molar-refractivity contribution < 1.29 is 4.79 Å². The monoisotopic (exact) mass is 244 g/mol. The van der Waals surface area contributed by atoms with E-state index in [1.54, 1.807) is 16.2 Å². The second-order valence-electron chi connectivity index (χ2n) is 4.07. The summed E-state index contributed by atoms with van der Waals surface area (Å²) in [4.78, 5) is 18.8. The molecule has 1 aromatic carbocycles. The van der Waals surface area contributed by atoms with Gasteiger partial charge in [0.15, 0.2) is 0 Å². The summed E-state index contributed by atoms with van der Waals surface area (Å²) in [5, 5.41) is 1.09. The molecule has 1 aromatic heterocycles. The van der Waals surface area contributed by atoms with Gasteiger partial charge in [-0.1, -0.05) is 18.2 Å². The van der Waals surface area contributed by atoms with Gasteiger partial charge in [0.2, 0.25) is 6.41 Å². The Kier molecular flexibility index (Phi) is 2.44. The lowest BCUT2D eigenvalue weighted by molar-refractivity contribution is -0.107. The molecule has 0 atom stereocenters. The molecule has 2 heterocycles. The zero-order valence-corrected chi connectivity index (χ0v) is 10.3. The van der Waals surface area contributed by atoms with Gasteiger partial charge in [0, 0.05) is 23.4 Å². The lowest BCUT2D eigenvalue weighted by atomic mass is 10.1. The van der Waals surface area contributed by atoms with Gasteiger partial charge in [-0.05, 0) is 13.0 Å². The molecule has 0 spiro atoms. The fourth-order valence-electron chi connectivity index (χ4n) is 2.23. The molecule has 1 amide bonds. The molecule has 3 nitrogen and oxygen atoms in total. The Hall–Kier alpha value is -1.68. The molecule has 0 radical (unpaired) electrons. The van der Waals surface area contributed by atoms with Gasteiger partial charge >= 0.3 is 0 Å². The average Bonchev–Trinajstić information content (AvgIpc) is 2.65. The summed E-state index contributed by atoms with van der Waals surface area (Å²) in [5.74, 6) is 0. The highest BCUT2D eigenvalue weighted by Gasteiger charge is 2.21. The number of benzene rings is 1. The molecule has 1 aliphatic rings. The van der Waals surface area contributed by atoms with Crippen LogP contribution in [-0.2, 0) is 11.2 Å². The maximum Gasteiger partial charge on any atom is 0.214 e. The van der Waals surface area contributed by atoms with Crippen molar-refractivity contribution in [2.75, 3.05) is 11.4 Å². The van der Waals surface area contributed by atoms with E-state index in [0.29, 0.717) is 0 Å². The number of aromatic nitrogens is 1. The van der Waals surface area contributed by atoms with Crippen LogP contribution in [0.1, 0.15) is 9.88 Å². The van der Waals surface area contributed by atoms with Crippen molar-refractivity contribution >= 4 is 23.4 Å². The summed E-state index contributed by atoms with van der Waals surface area (Å²) in [6, 6.07) is 7.97. The number of carbonyl (C=O) groups is 1. The molecular formula is C13H12N2OS. The molecular weight excluding hydrogens is 232 g/mol. The summed E-state index contributed by atoms with van der Waals surface area (Å²) >= 11 is 1.73. The molecule has 86 valence electrons. The standard InChI is InChI=1S/C13H12N2OS/c1-9-14-13-10-4-2-3-5-11(10)15(8-16)7-6-12(13)17-9/h2-5,8H,6-7H2,1H3. The molecule has 17 heavy (non-hydrogen) atoms. The summed E-state index contributed by atoms with van der Waals surface area (Å²) < 4.78 is 0. The SMILES string of the molecule is Cc1nc2c(s1)CCN(C=O)c1ccccc1-2. The van der Waals surface area contributed by atoms with Gasteiger partial charge in [-0.15, -0.1) is 11.3 Å². The Morgan fingerprint density at radius 3 is 3.06 bits per heavy atom. The minimum Gasteiger partial charge on any atom is -0.314 e. The number of nitrogens with zero attached hydrogens (tertiary/aromatic N) is 2. The minimum absolute atomic E-state index is 0.731. The number of thiazole rings is 1. The quantitative estimate of drug-likeness (QED) is 0.722. The van der Waals surface area contributed by atoms with Crippen LogP contribution in [-0.4, -0.2) is 17.9 Å². The van der Waals surface area contributed by atoms with Crippen LogP contribution >= 0.6 is 11.3 Å². The first-order chi connectivity index (χ1) is 8.29. The number of para-hydroxylation sites is 1. The maximum atomic E-state index is 11.1. The van der Waals surface area contributed by atoms with E-state index in [1.807, 2.05) is 31.2 Å². The van der Waals surface area contributed by atoms with E-state index in [4.69, 9.17) is 0 Å². The van der Waals surface area contributed by atoms with E-state index >= 15 is 0 Å². The summed E-state index contributed by atoms with van der Waals surface area (Å²) in [6.07, 6.45) is 1.79. The number of anilines is 1. The van der Waals surface area contributed by atoms with Gasteiger partial charge < -0.3 is 4.90 Å². The van der Waals surface area contributed by atoms with Crippen molar-refractivity contribution in [3.63, 3.8) is 0 Å². The Morgan fingerprint density at radius 2 is 2.24 bits per heavy atom. The number of hydrogen-bond donors (Lipinski definition) is 0. The average molecular weight is 244 g/mol. The number of amides is 1. The van der Waals surface area contributed by atoms with Crippen molar-refractivity contribution in [3.05, 3.63) is 34.2 Å². The second kappa shape index (κ2) is 3.96. The fraction of sp³-hybridized carbons (Fsp3) is 0.231. The van der Waals surface area contributed by atoms with Crippen LogP contribution in [0.15, 0.2) is 24.3 Å². The molecule has 4 heteroatoms. The highest BCUT2D eigenvalue weighted by Crippen LogP contribution is 2.37. The lowest BCUT2D eigenvalue weighted by Gasteiger charge is -2.16. The number of carbonyl (C=O) groups excluding carboxylic acids is 1. The van der Waals surface area contributed by atoms with Crippen molar-refractivity contribution in [2.24, 2.45) is 0 Å². The van der Waals surface area contributed by atoms with Crippen LogP contribution in [0.25, 0.3) is 11.3 Å². The minimum atomic E-state index is 0.731. The zero-order valence-electron chi connectivity index (χ0n) is 9.51. The topological polar surface area (TPSA) is 33.2 Å². The van der Waals surface area contributed by atoms with Crippen LogP contribution in [0.4, 0.5) is 5.69 Å². The molecule has 0 fully saturated rings. The first-order valence-corrected chi connectivity index (χ1v) is 6.39. The van der Waals surface area contributed by atoms with Gasteiger partial charge in [0.25, 0.3) is 0 Å². The van der Waals surface area contributed by atoms with Crippen molar-refractivity contribution in [2.45, 2.75) is 13.3 Å². The number of rotatable bonds is 1. The second-order valence-corrected chi connectivity index (χ2v) is 5.36. The number of aryl methyl sites for hydroxylation is 1. The van der Waals surface area contributed by atoms with E-state index in [9.17, 15) is 4.79 Å². The molecule has 2 aromatic rings. The summed E-state index contributed by atoms with van der Waals surface area (Å²) in [6.45, 7) is 2.76. The molecule has 0 bridgehead atoms. The van der Waals surface area contributed by atoms with Crippen molar-refractivity contribution in [1.82, 2.24) is 4.98 Å². The largest absolute Gasteiger partial charge is 0.314 e. The van der Waals surface area contributed by atoms with E-state index in [0.717, 1.165) is 41.3 Å².